The Morgan fingerprint density at radius 3 is 2.76 bits per heavy atom. The number of hydrogen-bond donors (Lipinski definition) is 2. The summed E-state index contributed by atoms with van der Waals surface area (Å²) in [5.41, 5.74) is 0.0807. The van der Waals surface area contributed by atoms with E-state index in [0.717, 1.165) is 0 Å². The highest BCUT2D eigenvalue weighted by atomic mass is 16.6. The molecule has 0 amide bonds. The van der Waals surface area contributed by atoms with Crippen LogP contribution in [0.3, 0.4) is 0 Å². The molecule has 0 aliphatic carbocycles. The Morgan fingerprint density at radius 2 is 2.12 bits per heavy atom. The van der Waals surface area contributed by atoms with E-state index in [1.54, 1.807) is 6.07 Å². The van der Waals surface area contributed by atoms with Crippen LogP contribution in [-0.2, 0) is 4.79 Å². The molecule has 1 unspecified atom stereocenters. The van der Waals surface area contributed by atoms with Crippen molar-refractivity contribution in [2.24, 2.45) is 0 Å². The molecule has 1 aliphatic heterocycles. The van der Waals surface area contributed by atoms with Crippen molar-refractivity contribution in [3.8, 4) is 17.2 Å². The van der Waals surface area contributed by atoms with Crippen LogP contribution in [0.1, 0.15) is 11.7 Å². The smallest absolute Gasteiger partial charge is 0.337 e. The van der Waals surface area contributed by atoms with Gasteiger partial charge in [-0.05, 0) is 12.1 Å². The number of carboxylic acids is 1. The van der Waals surface area contributed by atoms with Gasteiger partial charge in [0, 0.05) is 0 Å². The third-order valence-electron chi connectivity index (χ3n) is 2.43. The number of benzene rings is 1. The van der Waals surface area contributed by atoms with Gasteiger partial charge in [-0.15, -0.1) is 0 Å². The first-order chi connectivity index (χ1) is 8.15. The summed E-state index contributed by atoms with van der Waals surface area (Å²) in [7, 11) is 1.39. The summed E-state index contributed by atoms with van der Waals surface area (Å²) in [5, 5.41) is 18.5. The molecule has 6 nitrogen and oxygen atoms in total. The van der Waals surface area contributed by atoms with Gasteiger partial charge in [-0.3, -0.25) is 0 Å². The molecule has 1 atom stereocenters. The molecule has 0 saturated heterocycles. The fraction of sp³-hybridized carbons (Fsp3) is 0.364. The van der Waals surface area contributed by atoms with E-state index in [-0.39, 0.29) is 17.1 Å². The van der Waals surface area contributed by atoms with E-state index >= 15 is 0 Å². The van der Waals surface area contributed by atoms with Crippen LogP contribution >= 0.6 is 0 Å². The summed E-state index contributed by atoms with van der Waals surface area (Å²) in [6.45, 7) is 0.696. The second kappa shape index (κ2) is 4.50. The Bertz CT molecular complexity index is 442. The molecule has 0 saturated carbocycles. The summed E-state index contributed by atoms with van der Waals surface area (Å²) in [6, 6.07) is 3.15. The number of ether oxygens (including phenoxy) is 3. The monoisotopic (exact) mass is 240 g/mol. The molecule has 1 aromatic carbocycles. The molecule has 2 rings (SSSR count). The number of aliphatic hydroxyl groups excluding tert-OH is 1. The van der Waals surface area contributed by atoms with Crippen LogP contribution in [0.2, 0.25) is 0 Å². The van der Waals surface area contributed by atoms with Crippen LogP contribution < -0.4 is 14.2 Å². The van der Waals surface area contributed by atoms with Crippen molar-refractivity contribution < 1.29 is 29.2 Å². The lowest BCUT2D eigenvalue weighted by atomic mass is 10.1. The van der Waals surface area contributed by atoms with Gasteiger partial charge >= 0.3 is 5.97 Å². The van der Waals surface area contributed by atoms with Gasteiger partial charge in [0.15, 0.2) is 17.6 Å². The molecule has 92 valence electrons. The minimum absolute atomic E-state index is 0.0807. The Hall–Kier alpha value is -1.95. The summed E-state index contributed by atoms with van der Waals surface area (Å²) >= 11 is 0. The Balaban J connectivity index is 2.55. The molecule has 1 aromatic rings. The minimum atomic E-state index is -1.71. The van der Waals surface area contributed by atoms with Crippen molar-refractivity contribution in [2.75, 3.05) is 20.3 Å². The van der Waals surface area contributed by atoms with E-state index in [9.17, 15) is 9.90 Å². The van der Waals surface area contributed by atoms with Crippen LogP contribution in [0.5, 0.6) is 17.2 Å². The van der Waals surface area contributed by atoms with Crippen LogP contribution in [0, 0.1) is 0 Å². The molecule has 0 spiro atoms. The number of carboxylic acid groups (broad SMARTS) is 1. The van der Waals surface area contributed by atoms with Gasteiger partial charge in [-0.25, -0.2) is 4.79 Å². The number of carbonyl (C=O) groups is 1. The molecule has 0 bridgehead atoms. The molecule has 0 fully saturated rings. The lowest BCUT2D eigenvalue weighted by Crippen LogP contribution is -2.20. The lowest BCUT2D eigenvalue weighted by Gasteiger charge is -2.23. The number of hydrogen-bond acceptors (Lipinski definition) is 5. The van der Waals surface area contributed by atoms with E-state index in [0.29, 0.717) is 19.0 Å². The average Bonchev–Trinajstić information content (AvgIpc) is 2.36. The normalized spacial score (nSPS) is 15.2. The minimum Gasteiger partial charge on any atom is -0.496 e. The van der Waals surface area contributed by atoms with Gasteiger partial charge < -0.3 is 24.4 Å². The molecular formula is C11H12O6. The highest BCUT2D eigenvalue weighted by molar-refractivity contribution is 5.77. The van der Waals surface area contributed by atoms with Crippen molar-refractivity contribution in [3.63, 3.8) is 0 Å². The number of rotatable bonds is 3. The predicted molar refractivity (Wildman–Crippen MR) is 56.6 cm³/mol. The zero-order valence-electron chi connectivity index (χ0n) is 9.17. The van der Waals surface area contributed by atoms with Crippen molar-refractivity contribution >= 4 is 5.97 Å². The van der Waals surface area contributed by atoms with Crippen molar-refractivity contribution in [1.82, 2.24) is 0 Å². The topological polar surface area (TPSA) is 85.2 Å². The van der Waals surface area contributed by atoms with E-state index in [2.05, 4.69) is 0 Å². The summed E-state index contributed by atoms with van der Waals surface area (Å²) in [4.78, 5) is 10.9. The summed E-state index contributed by atoms with van der Waals surface area (Å²) in [5.74, 6) is -0.479. The van der Waals surface area contributed by atoms with Crippen LogP contribution in [0.15, 0.2) is 12.1 Å². The predicted octanol–water partition coefficient (Wildman–Crippen LogP) is 0.584. The first kappa shape index (κ1) is 11.5. The SMILES string of the molecule is COc1ccc2c(c1C(O)C(=O)O)OCCO2. The second-order valence-electron chi connectivity index (χ2n) is 3.45. The van der Waals surface area contributed by atoms with Crippen molar-refractivity contribution in [1.29, 1.82) is 0 Å². The first-order valence-electron chi connectivity index (χ1n) is 5.02. The Morgan fingerprint density at radius 1 is 1.41 bits per heavy atom. The van der Waals surface area contributed by atoms with Crippen molar-refractivity contribution in [3.05, 3.63) is 17.7 Å². The highest BCUT2D eigenvalue weighted by Gasteiger charge is 2.29. The number of aliphatic carboxylic acids is 1. The third-order valence-corrected chi connectivity index (χ3v) is 2.43. The lowest BCUT2D eigenvalue weighted by molar-refractivity contribution is -0.147. The molecule has 17 heavy (non-hydrogen) atoms. The standard InChI is InChI=1S/C11H12O6/c1-15-6-2-3-7-10(17-5-4-16-7)8(6)9(12)11(13)14/h2-3,9,12H,4-5H2,1H3,(H,13,14). The fourth-order valence-corrected chi connectivity index (χ4v) is 1.68. The van der Waals surface area contributed by atoms with Crippen LogP contribution in [0.25, 0.3) is 0 Å². The molecule has 6 heteroatoms. The maximum Gasteiger partial charge on any atom is 0.337 e. The van der Waals surface area contributed by atoms with Gasteiger partial charge in [0.25, 0.3) is 0 Å². The number of fused-ring (bicyclic) bond motifs is 1. The molecule has 0 aromatic heterocycles. The highest BCUT2D eigenvalue weighted by Crippen LogP contribution is 2.42. The van der Waals surface area contributed by atoms with Gasteiger partial charge in [0.1, 0.15) is 19.0 Å². The quantitative estimate of drug-likeness (QED) is 0.804. The van der Waals surface area contributed by atoms with Crippen LogP contribution in [0.4, 0.5) is 0 Å². The summed E-state index contributed by atoms with van der Waals surface area (Å²) in [6.07, 6.45) is -1.71. The molecule has 1 aliphatic rings. The zero-order chi connectivity index (χ0) is 12.4. The van der Waals surface area contributed by atoms with E-state index in [4.69, 9.17) is 19.3 Å². The molecular weight excluding hydrogens is 228 g/mol. The Labute approximate surface area is 97.3 Å². The van der Waals surface area contributed by atoms with E-state index in [1.807, 2.05) is 0 Å². The molecule has 1 heterocycles. The largest absolute Gasteiger partial charge is 0.496 e. The molecule has 0 radical (unpaired) electrons. The Kier molecular flexibility index (Phi) is 3.06. The van der Waals surface area contributed by atoms with E-state index in [1.165, 1.54) is 13.2 Å². The van der Waals surface area contributed by atoms with Gasteiger partial charge in [-0.2, -0.15) is 0 Å². The van der Waals surface area contributed by atoms with Gasteiger partial charge in [-0.1, -0.05) is 0 Å². The maximum atomic E-state index is 10.9. The summed E-state index contributed by atoms with van der Waals surface area (Å²) < 4.78 is 15.7. The number of aliphatic hydroxyl groups is 1. The first-order valence-corrected chi connectivity index (χ1v) is 5.02. The fourth-order valence-electron chi connectivity index (χ4n) is 1.68. The van der Waals surface area contributed by atoms with Crippen molar-refractivity contribution in [2.45, 2.75) is 6.10 Å². The second-order valence-corrected chi connectivity index (χ2v) is 3.45. The number of methoxy groups -OCH3 is 1. The van der Waals surface area contributed by atoms with Gasteiger partial charge in [0.05, 0.1) is 12.7 Å². The third kappa shape index (κ3) is 1.99. The van der Waals surface area contributed by atoms with E-state index < -0.39 is 12.1 Å². The maximum absolute atomic E-state index is 10.9. The molecule has 2 N–H and O–H groups in total. The van der Waals surface area contributed by atoms with Gasteiger partial charge in [0.2, 0.25) is 0 Å². The average molecular weight is 240 g/mol. The zero-order valence-corrected chi connectivity index (χ0v) is 9.17. The van der Waals surface area contributed by atoms with Crippen LogP contribution in [-0.4, -0.2) is 36.5 Å².